The first-order valence-electron chi connectivity index (χ1n) is 2.57. The summed E-state index contributed by atoms with van der Waals surface area (Å²) in [7, 11) is 0. The number of alkyl halides is 4. The molecule has 0 nitrogen and oxygen atoms in total. The number of hydrogen-bond acceptors (Lipinski definition) is 0. The fourth-order valence-electron chi connectivity index (χ4n) is 0.200. The highest BCUT2D eigenvalue weighted by atomic mass is 35.6. The predicted molar refractivity (Wildman–Crippen MR) is 40.1 cm³/mol. The molecule has 0 aromatic rings. The van der Waals surface area contributed by atoms with Crippen LogP contribution in [0.25, 0.3) is 0 Å². The molecule has 0 saturated heterocycles. The van der Waals surface area contributed by atoms with Gasteiger partial charge in [0.15, 0.2) is 5.67 Å². The van der Waals surface area contributed by atoms with Crippen LogP contribution in [-0.4, -0.2) is 9.46 Å². The van der Waals surface area contributed by atoms with E-state index in [1.807, 2.05) is 0 Å². The van der Waals surface area contributed by atoms with Gasteiger partial charge < -0.3 is 0 Å². The lowest BCUT2D eigenvalue weighted by molar-refractivity contribution is 0.188. The summed E-state index contributed by atoms with van der Waals surface area (Å²) in [5.41, 5.74) is -1.72. The van der Waals surface area contributed by atoms with Crippen molar-refractivity contribution in [2.24, 2.45) is 0 Å². The quantitative estimate of drug-likeness (QED) is 0.559. The molecule has 0 heterocycles. The van der Waals surface area contributed by atoms with Gasteiger partial charge in [-0.2, -0.15) is 0 Å². The summed E-state index contributed by atoms with van der Waals surface area (Å²) in [5.74, 6) is 0. The molecule has 0 aliphatic carbocycles. The molecule has 4 heteroatoms. The molecule has 0 aromatic heterocycles. The number of halogens is 4. The average molecular weight is 193 g/mol. The van der Waals surface area contributed by atoms with Crippen LogP contribution in [0.2, 0.25) is 0 Å². The van der Waals surface area contributed by atoms with E-state index in [4.69, 9.17) is 34.8 Å². The molecular weight excluding hydrogens is 185 g/mol. The van der Waals surface area contributed by atoms with Crippen molar-refractivity contribution in [1.29, 1.82) is 0 Å². The standard InChI is InChI=1S/C5H8Cl3F/c1-3-4(2,9)5(6,7)8/h3H2,1-2H3. The highest BCUT2D eigenvalue weighted by Crippen LogP contribution is 2.42. The molecule has 0 fully saturated rings. The second-order valence-electron chi connectivity index (χ2n) is 2.05. The summed E-state index contributed by atoms with van der Waals surface area (Å²) in [5, 5.41) is 0. The maximum absolute atomic E-state index is 12.9. The third-order valence-electron chi connectivity index (χ3n) is 1.26. The monoisotopic (exact) mass is 192 g/mol. The van der Waals surface area contributed by atoms with Gasteiger partial charge in [-0.05, 0) is 13.3 Å². The molecule has 0 amide bonds. The van der Waals surface area contributed by atoms with Crippen molar-refractivity contribution in [1.82, 2.24) is 0 Å². The third kappa shape index (κ3) is 2.48. The van der Waals surface area contributed by atoms with Gasteiger partial charge in [-0.3, -0.25) is 0 Å². The van der Waals surface area contributed by atoms with E-state index < -0.39 is 9.46 Å². The Bertz CT molecular complexity index is 94.9. The summed E-state index contributed by atoms with van der Waals surface area (Å²) < 4.78 is 11.1. The second kappa shape index (κ2) is 2.81. The highest BCUT2D eigenvalue weighted by molar-refractivity contribution is 6.68. The molecular formula is C5H8Cl3F. The molecule has 9 heavy (non-hydrogen) atoms. The van der Waals surface area contributed by atoms with Gasteiger partial charge in [0.25, 0.3) is 0 Å². The molecule has 56 valence electrons. The van der Waals surface area contributed by atoms with E-state index in [9.17, 15) is 4.39 Å². The first-order valence-corrected chi connectivity index (χ1v) is 3.70. The minimum Gasteiger partial charge on any atom is -0.239 e. The molecule has 0 radical (unpaired) electrons. The molecule has 0 spiro atoms. The van der Waals surface area contributed by atoms with E-state index >= 15 is 0 Å². The van der Waals surface area contributed by atoms with Crippen LogP contribution in [0, 0.1) is 0 Å². The summed E-state index contributed by atoms with van der Waals surface area (Å²) in [4.78, 5) is 0. The van der Waals surface area contributed by atoms with Gasteiger partial charge >= 0.3 is 0 Å². The first-order chi connectivity index (χ1) is 3.81. The minimum absolute atomic E-state index is 0.198. The predicted octanol–water partition coefficient (Wildman–Crippen LogP) is 3.49. The zero-order chi connectivity index (χ0) is 7.71. The van der Waals surface area contributed by atoms with Crippen LogP contribution < -0.4 is 0 Å². The van der Waals surface area contributed by atoms with E-state index in [2.05, 4.69) is 0 Å². The van der Waals surface area contributed by atoms with Crippen LogP contribution in [0.15, 0.2) is 0 Å². The Labute approximate surface area is 69.3 Å². The van der Waals surface area contributed by atoms with Gasteiger partial charge in [-0.1, -0.05) is 41.7 Å². The molecule has 0 bridgehead atoms. The molecule has 0 saturated carbocycles. The smallest absolute Gasteiger partial charge is 0.223 e. The van der Waals surface area contributed by atoms with Crippen molar-refractivity contribution in [3.05, 3.63) is 0 Å². The van der Waals surface area contributed by atoms with E-state index in [1.54, 1.807) is 6.92 Å². The Morgan fingerprint density at radius 2 is 1.67 bits per heavy atom. The SMILES string of the molecule is CCC(C)(F)C(Cl)(Cl)Cl. The van der Waals surface area contributed by atoms with Crippen LogP contribution in [0.3, 0.4) is 0 Å². The van der Waals surface area contributed by atoms with E-state index in [0.29, 0.717) is 0 Å². The summed E-state index contributed by atoms with van der Waals surface area (Å²) in [6.07, 6.45) is 0.198. The van der Waals surface area contributed by atoms with Gasteiger partial charge in [0, 0.05) is 0 Å². The zero-order valence-corrected chi connectivity index (χ0v) is 7.49. The van der Waals surface area contributed by atoms with E-state index in [-0.39, 0.29) is 6.42 Å². The van der Waals surface area contributed by atoms with Crippen LogP contribution >= 0.6 is 34.8 Å². The van der Waals surface area contributed by atoms with E-state index in [0.717, 1.165) is 0 Å². The van der Waals surface area contributed by atoms with E-state index in [1.165, 1.54) is 6.92 Å². The molecule has 0 N–H and O–H groups in total. The average Bonchev–Trinajstić information content (AvgIpc) is 1.64. The Hall–Kier alpha value is 0.800. The lowest BCUT2D eigenvalue weighted by Gasteiger charge is -2.26. The number of hydrogen-bond donors (Lipinski definition) is 0. The van der Waals surface area contributed by atoms with Crippen LogP contribution in [0.5, 0.6) is 0 Å². The highest BCUT2D eigenvalue weighted by Gasteiger charge is 2.43. The maximum atomic E-state index is 12.9. The molecule has 0 aliphatic rings. The fourth-order valence-corrected chi connectivity index (χ4v) is 0.601. The summed E-state index contributed by atoms with van der Waals surface area (Å²) in [6, 6.07) is 0. The van der Waals surface area contributed by atoms with Crippen molar-refractivity contribution in [2.45, 2.75) is 29.7 Å². The summed E-state index contributed by atoms with van der Waals surface area (Å²) in [6.45, 7) is 2.89. The largest absolute Gasteiger partial charge is 0.239 e. The van der Waals surface area contributed by atoms with Crippen molar-refractivity contribution in [2.75, 3.05) is 0 Å². The van der Waals surface area contributed by atoms with Gasteiger partial charge in [-0.15, -0.1) is 0 Å². The molecule has 1 atom stereocenters. The van der Waals surface area contributed by atoms with Crippen LogP contribution in [0.1, 0.15) is 20.3 Å². The topological polar surface area (TPSA) is 0 Å². The van der Waals surface area contributed by atoms with Crippen molar-refractivity contribution in [3.8, 4) is 0 Å². The Kier molecular flexibility index (Phi) is 3.06. The normalized spacial score (nSPS) is 19.3. The molecule has 0 rings (SSSR count). The van der Waals surface area contributed by atoms with Gasteiger partial charge in [0.2, 0.25) is 3.79 Å². The third-order valence-corrected chi connectivity index (χ3v) is 2.44. The van der Waals surface area contributed by atoms with Gasteiger partial charge in [-0.25, -0.2) is 4.39 Å². The Balaban J connectivity index is 4.14. The van der Waals surface area contributed by atoms with Crippen LogP contribution in [0.4, 0.5) is 4.39 Å². The maximum Gasteiger partial charge on any atom is 0.223 e. The fraction of sp³-hybridized carbons (Fsp3) is 1.00. The van der Waals surface area contributed by atoms with Crippen molar-refractivity contribution < 1.29 is 4.39 Å². The van der Waals surface area contributed by atoms with Gasteiger partial charge in [0.05, 0.1) is 0 Å². The number of rotatable bonds is 1. The minimum atomic E-state index is -1.80. The second-order valence-corrected chi connectivity index (χ2v) is 4.33. The molecule has 0 aromatic carbocycles. The molecule has 0 aliphatic heterocycles. The van der Waals surface area contributed by atoms with Crippen LogP contribution in [-0.2, 0) is 0 Å². The summed E-state index contributed by atoms with van der Waals surface area (Å²) >= 11 is 15.8. The Morgan fingerprint density at radius 1 is 1.33 bits per heavy atom. The lowest BCUT2D eigenvalue weighted by Crippen LogP contribution is -2.33. The first kappa shape index (κ1) is 9.80. The van der Waals surface area contributed by atoms with Crippen molar-refractivity contribution in [3.63, 3.8) is 0 Å². The Morgan fingerprint density at radius 3 is 1.67 bits per heavy atom. The van der Waals surface area contributed by atoms with Gasteiger partial charge in [0.1, 0.15) is 0 Å². The molecule has 1 unspecified atom stereocenters. The lowest BCUT2D eigenvalue weighted by atomic mass is 10.1. The zero-order valence-electron chi connectivity index (χ0n) is 5.22. The van der Waals surface area contributed by atoms with Crippen molar-refractivity contribution >= 4 is 34.8 Å².